The molecule has 3 rings (SSSR count). The van der Waals surface area contributed by atoms with Gasteiger partial charge in [0, 0.05) is 52.0 Å². The van der Waals surface area contributed by atoms with Crippen LogP contribution in [0.5, 0.6) is 0 Å². The van der Waals surface area contributed by atoms with Gasteiger partial charge in [0.1, 0.15) is 11.6 Å². The maximum atomic E-state index is 12.3. The standard InChI is InChI=1S/C17H24N6O2/c1-22-16(11-13(21-22)7-10-25-2)20-17(24)19-14-6-9-23(12-14)15-5-3-4-8-18-15/h3-5,8,11,14H,6-7,9-10,12H2,1-2H3,(H2,19,20,24)/t14-/m0/s1. The minimum Gasteiger partial charge on any atom is -0.384 e. The molecular weight excluding hydrogens is 320 g/mol. The zero-order chi connectivity index (χ0) is 17.6. The normalized spacial score (nSPS) is 16.9. The molecule has 1 fully saturated rings. The van der Waals surface area contributed by atoms with Gasteiger partial charge in [-0.05, 0) is 18.6 Å². The molecule has 134 valence electrons. The molecule has 2 aromatic rings. The number of methoxy groups -OCH3 is 1. The van der Waals surface area contributed by atoms with E-state index in [4.69, 9.17) is 4.74 Å². The number of carbonyl (C=O) groups is 1. The first-order valence-electron chi connectivity index (χ1n) is 8.41. The zero-order valence-corrected chi connectivity index (χ0v) is 14.6. The number of nitrogens with one attached hydrogen (secondary N) is 2. The second kappa shape index (κ2) is 7.98. The average molecular weight is 344 g/mol. The molecule has 1 aliphatic heterocycles. The van der Waals surface area contributed by atoms with Crippen molar-refractivity contribution in [3.63, 3.8) is 0 Å². The first kappa shape index (κ1) is 17.2. The molecule has 0 aliphatic carbocycles. The van der Waals surface area contributed by atoms with Crippen LogP contribution in [0.4, 0.5) is 16.4 Å². The lowest BCUT2D eigenvalue weighted by Gasteiger charge is -2.17. The molecule has 0 unspecified atom stereocenters. The Morgan fingerprint density at radius 1 is 1.44 bits per heavy atom. The summed E-state index contributed by atoms with van der Waals surface area (Å²) in [5.74, 6) is 1.62. The first-order chi connectivity index (χ1) is 12.2. The Morgan fingerprint density at radius 3 is 3.08 bits per heavy atom. The van der Waals surface area contributed by atoms with Crippen LogP contribution in [0.15, 0.2) is 30.5 Å². The average Bonchev–Trinajstić information content (AvgIpc) is 3.21. The molecule has 0 bridgehead atoms. The summed E-state index contributed by atoms with van der Waals surface area (Å²) in [7, 11) is 3.47. The van der Waals surface area contributed by atoms with Crippen LogP contribution < -0.4 is 15.5 Å². The highest BCUT2D eigenvalue weighted by atomic mass is 16.5. The molecule has 0 spiro atoms. The van der Waals surface area contributed by atoms with Gasteiger partial charge in [-0.1, -0.05) is 6.07 Å². The second-order valence-electron chi connectivity index (χ2n) is 6.11. The number of pyridine rings is 1. The van der Waals surface area contributed by atoms with Crippen LogP contribution in [-0.2, 0) is 18.2 Å². The quantitative estimate of drug-likeness (QED) is 0.828. The summed E-state index contributed by atoms with van der Waals surface area (Å²) in [5, 5.41) is 10.2. The Kier molecular flexibility index (Phi) is 5.49. The van der Waals surface area contributed by atoms with Crippen molar-refractivity contribution in [3.8, 4) is 0 Å². The molecular formula is C17H24N6O2. The highest BCUT2D eigenvalue weighted by Crippen LogP contribution is 2.17. The van der Waals surface area contributed by atoms with Gasteiger partial charge < -0.3 is 15.0 Å². The van der Waals surface area contributed by atoms with Crippen LogP contribution in [0.2, 0.25) is 0 Å². The van der Waals surface area contributed by atoms with Gasteiger partial charge in [0.2, 0.25) is 0 Å². The van der Waals surface area contributed by atoms with Crippen molar-refractivity contribution < 1.29 is 9.53 Å². The van der Waals surface area contributed by atoms with Crippen molar-refractivity contribution in [3.05, 3.63) is 36.2 Å². The monoisotopic (exact) mass is 344 g/mol. The topological polar surface area (TPSA) is 84.3 Å². The van der Waals surface area contributed by atoms with Crippen molar-refractivity contribution >= 4 is 17.7 Å². The second-order valence-corrected chi connectivity index (χ2v) is 6.11. The molecule has 25 heavy (non-hydrogen) atoms. The summed E-state index contributed by atoms with van der Waals surface area (Å²) in [6.07, 6.45) is 3.40. The molecule has 2 amide bonds. The van der Waals surface area contributed by atoms with Gasteiger partial charge in [0.15, 0.2) is 0 Å². The molecule has 0 aromatic carbocycles. The van der Waals surface area contributed by atoms with E-state index in [9.17, 15) is 4.79 Å². The lowest BCUT2D eigenvalue weighted by Crippen LogP contribution is -2.40. The van der Waals surface area contributed by atoms with E-state index >= 15 is 0 Å². The molecule has 8 heteroatoms. The summed E-state index contributed by atoms with van der Waals surface area (Å²) >= 11 is 0. The number of hydrogen-bond acceptors (Lipinski definition) is 5. The zero-order valence-electron chi connectivity index (χ0n) is 14.6. The van der Waals surface area contributed by atoms with E-state index in [1.54, 1.807) is 18.0 Å². The number of amides is 2. The Balaban J connectivity index is 1.51. The molecule has 1 saturated heterocycles. The van der Waals surface area contributed by atoms with Crippen LogP contribution in [0.1, 0.15) is 12.1 Å². The van der Waals surface area contributed by atoms with Crippen LogP contribution in [-0.4, -0.2) is 53.6 Å². The lowest BCUT2D eigenvalue weighted by atomic mass is 10.3. The number of anilines is 2. The predicted molar refractivity (Wildman–Crippen MR) is 95.8 cm³/mol. The van der Waals surface area contributed by atoms with Gasteiger partial charge in [-0.15, -0.1) is 0 Å². The Morgan fingerprint density at radius 2 is 2.32 bits per heavy atom. The van der Waals surface area contributed by atoms with Crippen molar-refractivity contribution in [1.29, 1.82) is 0 Å². The number of aryl methyl sites for hydroxylation is 1. The molecule has 0 radical (unpaired) electrons. The van der Waals surface area contributed by atoms with Crippen molar-refractivity contribution in [1.82, 2.24) is 20.1 Å². The smallest absolute Gasteiger partial charge is 0.320 e. The third kappa shape index (κ3) is 4.48. The number of nitrogens with zero attached hydrogens (tertiary/aromatic N) is 4. The van der Waals surface area contributed by atoms with Crippen LogP contribution >= 0.6 is 0 Å². The highest BCUT2D eigenvalue weighted by molar-refractivity contribution is 5.88. The van der Waals surface area contributed by atoms with E-state index < -0.39 is 0 Å². The fourth-order valence-electron chi connectivity index (χ4n) is 2.94. The molecule has 3 heterocycles. The molecule has 2 N–H and O–H groups in total. The van der Waals surface area contributed by atoms with E-state index in [1.807, 2.05) is 31.3 Å². The Labute approximate surface area is 147 Å². The van der Waals surface area contributed by atoms with E-state index in [2.05, 4.69) is 25.6 Å². The fourth-order valence-corrected chi connectivity index (χ4v) is 2.94. The molecule has 1 aliphatic rings. The molecule has 8 nitrogen and oxygen atoms in total. The maximum Gasteiger partial charge on any atom is 0.320 e. The van der Waals surface area contributed by atoms with Crippen LogP contribution in [0.25, 0.3) is 0 Å². The number of hydrogen-bond donors (Lipinski definition) is 2. The Bertz CT molecular complexity index is 702. The number of carbonyl (C=O) groups excluding carboxylic acids is 1. The van der Waals surface area contributed by atoms with Crippen molar-refractivity contribution in [2.45, 2.75) is 18.9 Å². The number of aromatic nitrogens is 3. The highest BCUT2D eigenvalue weighted by Gasteiger charge is 2.24. The van der Waals surface area contributed by atoms with E-state index in [1.165, 1.54) is 0 Å². The summed E-state index contributed by atoms with van der Waals surface area (Å²) in [5.41, 5.74) is 0.891. The third-order valence-electron chi connectivity index (χ3n) is 4.23. The lowest BCUT2D eigenvalue weighted by molar-refractivity contribution is 0.201. The summed E-state index contributed by atoms with van der Waals surface area (Å²) in [4.78, 5) is 18.8. The third-order valence-corrected chi connectivity index (χ3v) is 4.23. The number of rotatable bonds is 6. The molecule has 1 atom stereocenters. The van der Waals surface area contributed by atoms with E-state index in [0.29, 0.717) is 12.4 Å². The minimum absolute atomic E-state index is 0.100. The van der Waals surface area contributed by atoms with Gasteiger partial charge in [0.05, 0.1) is 12.3 Å². The predicted octanol–water partition coefficient (Wildman–Crippen LogP) is 1.40. The van der Waals surface area contributed by atoms with E-state index in [0.717, 1.165) is 37.4 Å². The van der Waals surface area contributed by atoms with Crippen molar-refractivity contribution in [2.75, 3.05) is 37.0 Å². The SMILES string of the molecule is COCCc1cc(NC(=O)N[C@H]2CCN(c3ccccn3)C2)n(C)n1. The number of urea groups is 1. The minimum atomic E-state index is -0.214. The fraction of sp³-hybridized carbons (Fsp3) is 0.471. The van der Waals surface area contributed by atoms with E-state index in [-0.39, 0.29) is 12.1 Å². The summed E-state index contributed by atoms with van der Waals surface area (Å²) in [6.45, 7) is 2.25. The van der Waals surface area contributed by atoms with Gasteiger partial charge in [-0.3, -0.25) is 10.00 Å². The Hall–Kier alpha value is -2.61. The molecule has 0 saturated carbocycles. The largest absolute Gasteiger partial charge is 0.384 e. The van der Waals surface area contributed by atoms with Gasteiger partial charge in [-0.25, -0.2) is 9.78 Å². The maximum absolute atomic E-state index is 12.3. The summed E-state index contributed by atoms with van der Waals surface area (Å²) in [6, 6.07) is 7.61. The van der Waals surface area contributed by atoms with Crippen LogP contribution in [0.3, 0.4) is 0 Å². The van der Waals surface area contributed by atoms with Gasteiger partial charge in [0.25, 0.3) is 0 Å². The number of ether oxygens (including phenoxy) is 1. The van der Waals surface area contributed by atoms with Gasteiger partial charge in [-0.2, -0.15) is 5.10 Å². The van der Waals surface area contributed by atoms with Gasteiger partial charge >= 0.3 is 6.03 Å². The first-order valence-corrected chi connectivity index (χ1v) is 8.41. The summed E-state index contributed by atoms with van der Waals surface area (Å²) < 4.78 is 6.72. The van der Waals surface area contributed by atoms with Crippen molar-refractivity contribution in [2.24, 2.45) is 7.05 Å². The molecule has 2 aromatic heterocycles. The van der Waals surface area contributed by atoms with Crippen LogP contribution in [0, 0.1) is 0 Å².